The summed E-state index contributed by atoms with van der Waals surface area (Å²) in [5.41, 5.74) is 12.0. The van der Waals surface area contributed by atoms with Crippen molar-refractivity contribution < 1.29 is 0 Å². The van der Waals surface area contributed by atoms with Crippen LogP contribution in [0.5, 0.6) is 0 Å². The third kappa shape index (κ3) is 5.76. The quantitative estimate of drug-likeness (QED) is 0.163. The van der Waals surface area contributed by atoms with E-state index in [0.29, 0.717) is 5.82 Å². The van der Waals surface area contributed by atoms with Crippen molar-refractivity contribution in [3.05, 3.63) is 194 Å². The van der Waals surface area contributed by atoms with Crippen LogP contribution in [0.2, 0.25) is 0 Å². The predicted molar refractivity (Wildman–Crippen MR) is 223 cm³/mol. The van der Waals surface area contributed by atoms with E-state index in [4.69, 9.17) is 19.9 Å². The molecule has 3 aromatic heterocycles. The number of hydrogen-bond donors (Lipinski definition) is 0. The highest BCUT2D eigenvalue weighted by atomic mass is 14.9. The maximum absolute atomic E-state index is 5.51. The molecule has 3 heterocycles. The molecule has 0 aliphatic rings. The SMILES string of the molecule is c1ccc(-c2cc(-c3cc(-c4ccccn4)cc(-c4ccccn4)c3)cc(-c3nc(-c4cccc5ccccc45)c4c(ccc5ccccc54)n3)c2)cc1. The molecule has 4 nitrogen and oxygen atoms in total. The zero-order valence-corrected chi connectivity index (χ0v) is 29.3. The number of rotatable bonds is 6. The average Bonchev–Trinajstić information content (AvgIpc) is 3.26. The second-order valence-electron chi connectivity index (χ2n) is 13.5. The van der Waals surface area contributed by atoms with Crippen molar-refractivity contribution in [2.45, 2.75) is 0 Å². The van der Waals surface area contributed by atoms with Crippen molar-refractivity contribution in [2.75, 3.05) is 0 Å². The van der Waals surface area contributed by atoms with Crippen LogP contribution in [0.4, 0.5) is 0 Å². The van der Waals surface area contributed by atoms with Crippen molar-refractivity contribution in [3.63, 3.8) is 0 Å². The standard InChI is InChI=1S/C50H32N4/c1-2-13-33(14-3-1)36-27-37(38-28-39(45-21-8-10-25-51-45)32-40(29-38)46-22-9-11-26-52-46)31-41(30-36)50-53-47-24-23-35-16-5-7-19-43(35)48(47)49(54-50)44-20-12-17-34-15-4-6-18-42(34)44/h1-32H. The molecule has 0 aliphatic carbocycles. The van der Waals surface area contributed by atoms with Gasteiger partial charge in [-0.05, 0) is 111 Å². The Hall–Kier alpha value is -7.30. The van der Waals surface area contributed by atoms with E-state index in [1.54, 1.807) is 0 Å². The van der Waals surface area contributed by atoms with Gasteiger partial charge in [-0.25, -0.2) is 9.97 Å². The summed E-state index contributed by atoms with van der Waals surface area (Å²) >= 11 is 0. The van der Waals surface area contributed by atoms with Gasteiger partial charge in [-0.3, -0.25) is 9.97 Å². The highest BCUT2D eigenvalue weighted by molar-refractivity contribution is 6.15. The summed E-state index contributed by atoms with van der Waals surface area (Å²) < 4.78 is 0. The van der Waals surface area contributed by atoms with Crippen molar-refractivity contribution in [1.29, 1.82) is 0 Å². The minimum atomic E-state index is 0.672. The van der Waals surface area contributed by atoms with Gasteiger partial charge in [-0.2, -0.15) is 0 Å². The molecule has 0 spiro atoms. The fourth-order valence-corrected chi connectivity index (χ4v) is 7.54. The van der Waals surface area contributed by atoms with Gasteiger partial charge in [0, 0.05) is 40.0 Å². The summed E-state index contributed by atoms with van der Waals surface area (Å²) in [4.78, 5) is 20.3. The Morgan fingerprint density at radius 3 is 1.56 bits per heavy atom. The second kappa shape index (κ2) is 13.4. The molecule has 54 heavy (non-hydrogen) atoms. The molecule has 0 saturated heterocycles. The second-order valence-corrected chi connectivity index (χ2v) is 13.5. The van der Waals surface area contributed by atoms with Gasteiger partial charge in [0.1, 0.15) is 0 Å². The Labute approximate surface area is 313 Å². The average molecular weight is 689 g/mol. The van der Waals surface area contributed by atoms with E-state index in [1.165, 1.54) is 5.39 Å². The molecule has 7 aromatic carbocycles. The summed E-state index contributed by atoms with van der Waals surface area (Å²) in [7, 11) is 0. The van der Waals surface area contributed by atoms with Gasteiger partial charge in [0.2, 0.25) is 0 Å². The van der Waals surface area contributed by atoms with E-state index < -0.39 is 0 Å². The molecular weight excluding hydrogens is 657 g/mol. The van der Waals surface area contributed by atoms with E-state index in [9.17, 15) is 0 Å². The molecule has 0 saturated carbocycles. The van der Waals surface area contributed by atoms with Gasteiger partial charge in [-0.15, -0.1) is 0 Å². The van der Waals surface area contributed by atoms with Crippen LogP contribution in [0.1, 0.15) is 0 Å². The minimum Gasteiger partial charge on any atom is -0.256 e. The number of benzene rings is 7. The van der Waals surface area contributed by atoms with Crippen molar-refractivity contribution >= 4 is 32.4 Å². The van der Waals surface area contributed by atoms with E-state index in [0.717, 1.165) is 88.7 Å². The maximum atomic E-state index is 5.51. The topological polar surface area (TPSA) is 51.6 Å². The molecule has 0 bridgehead atoms. The van der Waals surface area contributed by atoms with Gasteiger partial charge in [0.05, 0.1) is 22.6 Å². The fraction of sp³-hybridized carbons (Fsp3) is 0. The number of aromatic nitrogens is 4. The third-order valence-corrected chi connectivity index (χ3v) is 10.1. The van der Waals surface area contributed by atoms with Crippen molar-refractivity contribution in [3.8, 4) is 67.4 Å². The summed E-state index contributed by atoms with van der Waals surface area (Å²) in [6.07, 6.45) is 3.68. The smallest absolute Gasteiger partial charge is 0.160 e. The largest absolute Gasteiger partial charge is 0.256 e. The Morgan fingerprint density at radius 1 is 0.333 bits per heavy atom. The molecule has 252 valence electrons. The molecule has 4 heteroatoms. The maximum Gasteiger partial charge on any atom is 0.160 e. The van der Waals surface area contributed by atoms with Crippen LogP contribution in [-0.4, -0.2) is 19.9 Å². The van der Waals surface area contributed by atoms with E-state index >= 15 is 0 Å². The number of pyridine rings is 2. The summed E-state index contributed by atoms with van der Waals surface area (Å²) in [5, 5.41) is 5.68. The van der Waals surface area contributed by atoms with Gasteiger partial charge < -0.3 is 0 Å². The summed E-state index contributed by atoms with van der Waals surface area (Å²) in [5.74, 6) is 0.672. The Morgan fingerprint density at radius 2 is 0.870 bits per heavy atom. The highest BCUT2D eigenvalue weighted by Crippen LogP contribution is 2.40. The van der Waals surface area contributed by atoms with Gasteiger partial charge in [-0.1, -0.05) is 115 Å². The van der Waals surface area contributed by atoms with Crippen LogP contribution < -0.4 is 0 Å². The lowest BCUT2D eigenvalue weighted by molar-refractivity contribution is 1.23. The zero-order chi connectivity index (χ0) is 35.8. The predicted octanol–water partition coefficient (Wildman–Crippen LogP) is 12.7. The van der Waals surface area contributed by atoms with Crippen molar-refractivity contribution in [2.24, 2.45) is 0 Å². The first-order chi connectivity index (χ1) is 26.7. The van der Waals surface area contributed by atoms with Crippen LogP contribution in [0.15, 0.2) is 194 Å². The number of hydrogen-bond acceptors (Lipinski definition) is 4. The normalized spacial score (nSPS) is 11.3. The van der Waals surface area contributed by atoms with Gasteiger partial charge in [0.25, 0.3) is 0 Å². The number of fused-ring (bicyclic) bond motifs is 4. The van der Waals surface area contributed by atoms with Crippen LogP contribution >= 0.6 is 0 Å². The van der Waals surface area contributed by atoms with Gasteiger partial charge in [0.15, 0.2) is 5.82 Å². The van der Waals surface area contributed by atoms with Crippen LogP contribution in [-0.2, 0) is 0 Å². The zero-order valence-electron chi connectivity index (χ0n) is 29.3. The van der Waals surface area contributed by atoms with E-state index in [1.807, 2.05) is 36.7 Å². The highest BCUT2D eigenvalue weighted by Gasteiger charge is 2.18. The third-order valence-electron chi connectivity index (χ3n) is 10.1. The molecule has 0 unspecified atom stereocenters. The van der Waals surface area contributed by atoms with Crippen molar-refractivity contribution in [1.82, 2.24) is 19.9 Å². The molecule has 0 aliphatic heterocycles. The Kier molecular flexibility index (Phi) is 7.77. The lowest BCUT2D eigenvalue weighted by atomic mass is 9.92. The minimum absolute atomic E-state index is 0.672. The molecule has 0 atom stereocenters. The molecular formula is C50H32N4. The summed E-state index contributed by atoms with van der Waals surface area (Å²) in [6.45, 7) is 0. The molecule has 10 aromatic rings. The molecule has 0 radical (unpaired) electrons. The van der Waals surface area contributed by atoms with Crippen LogP contribution in [0.25, 0.3) is 99.9 Å². The van der Waals surface area contributed by atoms with Crippen LogP contribution in [0, 0.1) is 0 Å². The first kappa shape index (κ1) is 31.4. The van der Waals surface area contributed by atoms with E-state index in [-0.39, 0.29) is 0 Å². The molecule has 0 fully saturated rings. The Balaban J connectivity index is 1.25. The molecule has 0 amide bonds. The fourth-order valence-electron chi connectivity index (χ4n) is 7.54. The summed E-state index contributed by atoms with van der Waals surface area (Å²) in [6, 6.07) is 63.7. The number of nitrogens with zero attached hydrogens (tertiary/aromatic N) is 4. The Bertz CT molecular complexity index is 2910. The monoisotopic (exact) mass is 688 g/mol. The first-order valence-electron chi connectivity index (χ1n) is 18.1. The lowest BCUT2D eigenvalue weighted by Crippen LogP contribution is -1.97. The molecule has 10 rings (SSSR count). The molecule has 0 N–H and O–H groups in total. The van der Waals surface area contributed by atoms with Gasteiger partial charge >= 0.3 is 0 Å². The first-order valence-corrected chi connectivity index (χ1v) is 18.1. The lowest BCUT2D eigenvalue weighted by Gasteiger charge is -2.16. The van der Waals surface area contributed by atoms with Crippen LogP contribution in [0.3, 0.4) is 0 Å². The van der Waals surface area contributed by atoms with E-state index in [2.05, 4.69) is 158 Å².